The van der Waals surface area contributed by atoms with E-state index >= 15 is 0 Å². The molecule has 0 spiro atoms. The quantitative estimate of drug-likeness (QED) is 0.0261. The van der Waals surface area contributed by atoms with Crippen molar-refractivity contribution in [2.45, 2.75) is 204 Å². The summed E-state index contributed by atoms with van der Waals surface area (Å²) in [6, 6.07) is -0.845. The molecule has 1 rings (SSSR count). The van der Waals surface area contributed by atoms with Crippen LogP contribution < -0.4 is 5.32 Å². The first-order valence-electron chi connectivity index (χ1n) is 27.4. The average Bonchev–Trinajstić information content (AvgIpc) is 3.38. The van der Waals surface area contributed by atoms with E-state index in [1.165, 1.54) is 0 Å². The molecule has 402 valence electrons. The van der Waals surface area contributed by atoms with Crippen LogP contribution in [0.1, 0.15) is 162 Å². The molecule has 1 aliphatic rings. The Morgan fingerprint density at radius 2 is 0.875 bits per heavy atom. The molecule has 7 unspecified atom stereocenters. The van der Waals surface area contributed by atoms with Crippen LogP contribution in [0.5, 0.6) is 0 Å². The Hall–Kier alpha value is -4.45. The number of aliphatic hydroxyl groups excluding tert-OH is 5. The van der Waals surface area contributed by atoms with Crippen molar-refractivity contribution in [3.63, 3.8) is 0 Å². The molecule has 0 aromatic carbocycles. The van der Waals surface area contributed by atoms with Gasteiger partial charge >= 0.3 is 0 Å². The summed E-state index contributed by atoms with van der Waals surface area (Å²) in [5, 5.41) is 54.0. The van der Waals surface area contributed by atoms with Gasteiger partial charge in [-0.25, -0.2) is 0 Å². The zero-order valence-corrected chi connectivity index (χ0v) is 44.3. The Morgan fingerprint density at radius 1 is 0.486 bits per heavy atom. The zero-order valence-electron chi connectivity index (χ0n) is 44.3. The van der Waals surface area contributed by atoms with Crippen molar-refractivity contribution in [3.05, 3.63) is 170 Å². The summed E-state index contributed by atoms with van der Waals surface area (Å²) in [5.74, 6) is -0.224. The van der Waals surface area contributed by atoms with Crippen LogP contribution in [-0.4, -0.2) is 87.5 Å². The molecule has 6 N–H and O–H groups in total. The van der Waals surface area contributed by atoms with E-state index in [1.54, 1.807) is 6.08 Å². The Bertz CT molecular complexity index is 1720. The summed E-state index contributed by atoms with van der Waals surface area (Å²) >= 11 is 0. The van der Waals surface area contributed by atoms with E-state index in [-0.39, 0.29) is 12.5 Å². The maximum Gasteiger partial charge on any atom is 0.220 e. The van der Waals surface area contributed by atoms with E-state index in [1.807, 2.05) is 6.08 Å². The minimum Gasteiger partial charge on any atom is -0.394 e. The van der Waals surface area contributed by atoms with Gasteiger partial charge in [0.1, 0.15) is 24.4 Å². The molecule has 7 atom stereocenters. The molecule has 1 fully saturated rings. The maximum absolute atomic E-state index is 12.9. The molecule has 0 saturated carbocycles. The van der Waals surface area contributed by atoms with Crippen molar-refractivity contribution in [2.24, 2.45) is 0 Å². The first-order chi connectivity index (χ1) is 35.3. The van der Waals surface area contributed by atoms with Crippen LogP contribution >= 0.6 is 0 Å². The summed E-state index contributed by atoms with van der Waals surface area (Å²) in [6.45, 7) is 3.51. The van der Waals surface area contributed by atoms with Crippen molar-refractivity contribution < 1.29 is 39.8 Å². The highest BCUT2D eigenvalue weighted by Gasteiger charge is 2.44. The van der Waals surface area contributed by atoms with Crippen LogP contribution in [0.15, 0.2) is 170 Å². The highest BCUT2D eigenvalue weighted by atomic mass is 16.7. The third kappa shape index (κ3) is 39.1. The van der Waals surface area contributed by atoms with Crippen LogP contribution in [0.25, 0.3) is 0 Å². The summed E-state index contributed by atoms with van der Waals surface area (Å²) < 4.78 is 11.1. The molecule has 1 amide bonds. The van der Waals surface area contributed by atoms with Gasteiger partial charge in [0.05, 0.1) is 25.4 Å². The number of carbonyl (C=O) groups is 1. The second kappa shape index (κ2) is 50.1. The third-order valence-electron chi connectivity index (χ3n) is 11.5. The number of hydrogen-bond acceptors (Lipinski definition) is 8. The lowest BCUT2D eigenvalue weighted by Gasteiger charge is -2.40. The van der Waals surface area contributed by atoms with Crippen LogP contribution in [0, 0.1) is 0 Å². The molecule has 1 saturated heterocycles. The van der Waals surface area contributed by atoms with Crippen molar-refractivity contribution in [3.8, 4) is 0 Å². The fraction of sp³-hybridized carbons (Fsp3) is 0.540. The molecule has 0 bridgehead atoms. The molecule has 0 aromatic rings. The van der Waals surface area contributed by atoms with Crippen LogP contribution in [0.2, 0.25) is 0 Å². The monoisotopic (exact) mass is 996 g/mol. The van der Waals surface area contributed by atoms with Gasteiger partial charge in [-0.05, 0) is 116 Å². The fourth-order valence-electron chi connectivity index (χ4n) is 7.20. The minimum absolute atomic E-state index is 0.224. The van der Waals surface area contributed by atoms with E-state index in [0.29, 0.717) is 12.8 Å². The van der Waals surface area contributed by atoms with E-state index < -0.39 is 49.5 Å². The molecule has 72 heavy (non-hydrogen) atoms. The average molecular weight is 996 g/mol. The normalized spacial score (nSPS) is 20.6. The predicted molar refractivity (Wildman–Crippen MR) is 303 cm³/mol. The van der Waals surface area contributed by atoms with Crippen LogP contribution in [0.4, 0.5) is 0 Å². The fourth-order valence-corrected chi connectivity index (χ4v) is 7.20. The van der Waals surface area contributed by atoms with Crippen LogP contribution in [0.3, 0.4) is 0 Å². The number of amides is 1. The smallest absolute Gasteiger partial charge is 0.220 e. The highest BCUT2D eigenvalue weighted by molar-refractivity contribution is 5.76. The Morgan fingerprint density at radius 3 is 1.32 bits per heavy atom. The number of hydrogen-bond donors (Lipinski definition) is 6. The first-order valence-corrected chi connectivity index (χ1v) is 27.4. The lowest BCUT2D eigenvalue weighted by atomic mass is 9.99. The summed E-state index contributed by atoms with van der Waals surface area (Å²) in [4.78, 5) is 12.9. The van der Waals surface area contributed by atoms with E-state index in [4.69, 9.17) is 9.47 Å². The maximum atomic E-state index is 12.9. The minimum atomic E-state index is -1.59. The topological polar surface area (TPSA) is 149 Å². The SMILES string of the molecule is CC/C=C\C/C=C\C/C=C\C/C=C\C/C=C\C/C=C\C/C=C\C/C=C\C/C=C\C/C=C\C/C=C\C/C=C\CCCCCCC(=O)NC(COC1OC(CO)C(O)C(O)C1O)C(O)/C=C/CC/C=C/CCCC. The van der Waals surface area contributed by atoms with Gasteiger partial charge in [-0.3, -0.25) is 4.79 Å². The number of aliphatic hydroxyl groups is 5. The number of ether oxygens (including phenoxy) is 2. The number of unbranched alkanes of at least 4 members (excludes halogenated alkanes) is 7. The van der Waals surface area contributed by atoms with Crippen molar-refractivity contribution >= 4 is 5.91 Å². The van der Waals surface area contributed by atoms with Gasteiger partial charge in [0.25, 0.3) is 0 Å². The Balaban J connectivity index is 2.16. The van der Waals surface area contributed by atoms with Crippen molar-refractivity contribution in [1.29, 1.82) is 0 Å². The molecular formula is C63H97NO8. The summed E-state index contributed by atoms with van der Waals surface area (Å²) in [7, 11) is 0. The molecule has 0 aliphatic carbocycles. The Kier molecular flexibility index (Phi) is 45.6. The molecular weight excluding hydrogens is 899 g/mol. The molecule has 9 heteroatoms. The molecule has 0 radical (unpaired) electrons. The van der Waals surface area contributed by atoms with E-state index in [2.05, 4.69) is 177 Å². The number of rotatable bonds is 43. The highest BCUT2D eigenvalue weighted by Crippen LogP contribution is 2.22. The zero-order chi connectivity index (χ0) is 52.2. The lowest BCUT2D eigenvalue weighted by molar-refractivity contribution is -0.302. The molecule has 1 heterocycles. The van der Waals surface area contributed by atoms with Gasteiger partial charge in [-0.2, -0.15) is 0 Å². The molecule has 1 aliphatic heterocycles. The van der Waals surface area contributed by atoms with Crippen molar-refractivity contribution in [2.75, 3.05) is 13.2 Å². The second-order valence-electron chi connectivity index (χ2n) is 17.9. The summed E-state index contributed by atoms with van der Waals surface area (Å²) in [6.07, 6.45) is 74.5. The van der Waals surface area contributed by atoms with Crippen LogP contribution in [-0.2, 0) is 14.3 Å². The van der Waals surface area contributed by atoms with E-state index in [9.17, 15) is 30.3 Å². The second-order valence-corrected chi connectivity index (χ2v) is 17.9. The number of nitrogens with one attached hydrogen (secondary N) is 1. The van der Waals surface area contributed by atoms with Gasteiger partial charge in [-0.15, -0.1) is 0 Å². The predicted octanol–water partition coefficient (Wildman–Crippen LogP) is 13.4. The third-order valence-corrected chi connectivity index (χ3v) is 11.5. The standard InChI is InChI=1S/C63H97NO8/c1-3-5-7-9-11-13-14-15-16-17-18-19-20-21-22-23-24-25-26-27-28-29-30-31-32-33-34-35-36-37-38-39-40-41-42-43-44-45-47-49-51-53-59(67)64-56(57(66)52-50-48-46-12-10-8-6-4-2)55-71-63-62(70)61(69)60(68)58(54-65)72-63/h5,7,10-13,15-16,18-19,21-22,24-25,27-28,30-31,33-34,36-37,39-40,42-43,50,52,56-58,60-63,65-66,68-70H,3-4,6,8-9,14,17,20,23,26,29,32,35,38,41,44-49,51,53-55H2,1-2H3,(H,64,67)/b7-5-,12-10+,13-11-,16-15-,19-18-,22-21-,25-24-,28-27-,31-30-,34-33-,37-36-,40-39-,43-42-,52-50+. The van der Waals surface area contributed by atoms with E-state index in [0.717, 1.165) is 135 Å². The van der Waals surface area contributed by atoms with Gasteiger partial charge in [0, 0.05) is 6.42 Å². The van der Waals surface area contributed by atoms with Gasteiger partial charge in [0.15, 0.2) is 6.29 Å². The van der Waals surface area contributed by atoms with Gasteiger partial charge in [-0.1, -0.05) is 210 Å². The number of carbonyl (C=O) groups excluding carboxylic acids is 1. The lowest BCUT2D eigenvalue weighted by Crippen LogP contribution is -2.60. The van der Waals surface area contributed by atoms with Gasteiger partial charge < -0.3 is 40.3 Å². The Labute approximate surface area is 437 Å². The number of allylic oxidation sites excluding steroid dienone is 27. The molecule has 0 aromatic heterocycles. The summed E-state index contributed by atoms with van der Waals surface area (Å²) in [5.41, 5.74) is 0. The first kappa shape index (κ1) is 65.6. The largest absolute Gasteiger partial charge is 0.394 e. The molecule has 9 nitrogen and oxygen atoms in total. The van der Waals surface area contributed by atoms with Crippen molar-refractivity contribution in [1.82, 2.24) is 5.32 Å². The van der Waals surface area contributed by atoms with Gasteiger partial charge in [0.2, 0.25) is 5.91 Å².